The van der Waals surface area contributed by atoms with Gasteiger partial charge in [0.25, 0.3) is 10.0 Å². The number of nitrogens with one attached hydrogen (secondary N) is 1. The molecule has 0 saturated carbocycles. The highest BCUT2D eigenvalue weighted by Gasteiger charge is 2.33. The zero-order valence-corrected chi connectivity index (χ0v) is 19.1. The molecule has 1 amide bonds. The Hall–Kier alpha value is -1.78. The van der Waals surface area contributed by atoms with Crippen LogP contribution in [0.2, 0.25) is 0 Å². The second kappa shape index (κ2) is 10.2. The largest absolute Gasteiger partial charge is 0.379 e. The number of nitrogens with zero attached hydrogens (tertiary/aromatic N) is 2. The van der Waals surface area contributed by atoms with Gasteiger partial charge in [-0.3, -0.25) is 9.69 Å². The van der Waals surface area contributed by atoms with E-state index >= 15 is 0 Å². The van der Waals surface area contributed by atoms with Crippen molar-refractivity contribution in [2.45, 2.75) is 23.1 Å². The number of thiophene rings is 1. The lowest BCUT2D eigenvalue weighted by molar-refractivity contribution is -0.127. The van der Waals surface area contributed by atoms with Gasteiger partial charge in [0, 0.05) is 38.6 Å². The molecule has 2 aliphatic rings. The van der Waals surface area contributed by atoms with Crippen molar-refractivity contribution in [3.8, 4) is 0 Å². The van der Waals surface area contributed by atoms with Gasteiger partial charge in [0.1, 0.15) is 4.21 Å². The molecule has 2 aliphatic heterocycles. The number of sulfonamides is 1. The Morgan fingerprint density at radius 2 is 1.77 bits per heavy atom. The molecule has 0 aliphatic carbocycles. The fraction of sp³-hybridized carbons (Fsp3) is 0.500. The van der Waals surface area contributed by atoms with Crippen LogP contribution in [0.25, 0.3) is 0 Å². The first-order chi connectivity index (χ1) is 15.0. The van der Waals surface area contributed by atoms with Crippen LogP contribution >= 0.6 is 11.3 Å². The summed E-state index contributed by atoms with van der Waals surface area (Å²) in [5.41, 5.74) is 1.08. The average molecular weight is 464 g/mol. The first-order valence-corrected chi connectivity index (χ1v) is 13.0. The maximum absolute atomic E-state index is 13.1. The van der Waals surface area contributed by atoms with Crippen molar-refractivity contribution in [3.05, 3.63) is 53.4 Å². The standard InChI is InChI=1S/C22H29N3O4S2/c26-22(19-8-10-25(11-9-19)31(27,28)21-7-4-16-30-21)23-20(18-5-2-1-3-6-18)17-24-12-14-29-15-13-24/h1-7,16,19-20H,8-15,17H2,(H,23,26)/t20-/m0/s1. The van der Waals surface area contributed by atoms with E-state index in [-0.39, 0.29) is 17.9 Å². The summed E-state index contributed by atoms with van der Waals surface area (Å²) in [5, 5.41) is 5.01. The highest BCUT2D eigenvalue weighted by atomic mass is 32.2. The summed E-state index contributed by atoms with van der Waals surface area (Å²) in [4.78, 5) is 15.4. The van der Waals surface area contributed by atoms with E-state index in [0.717, 1.165) is 25.2 Å². The number of carbonyl (C=O) groups is 1. The van der Waals surface area contributed by atoms with Gasteiger partial charge >= 0.3 is 0 Å². The molecule has 2 fully saturated rings. The molecule has 0 bridgehead atoms. The number of hydrogen-bond donors (Lipinski definition) is 1. The van der Waals surface area contributed by atoms with E-state index < -0.39 is 10.0 Å². The van der Waals surface area contributed by atoms with E-state index in [1.54, 1.807) is 17.5 Å². The maximum atomic E-state index is 13.1. The van der Waals surface area contributed by atoms with Crippen molar-refractivity contribution in [3.63, 3.8) is 0 Å². The third-order valence-corrected chi connectivity index (χ3v) is 9.25. The molecule has 2 saturated heterocycles. The van der Waals surface area contributed by atoms with Gasteiger partial charge in [0.15, 0.2) is 0 Å². The summed E-state index contributed by atoms with van der Waals surface area (Å²) >= 11 is 1.23. The van der Waals surface area contributed by atoms with E-state index in [4.69, 9.17) is 4.74 Å². The second-order valence-electron chi connectivity index (χ2n) is 8.00. The Balaban J connectivity index is 1.37. The number of morpholine rings is 1. The van der Waals surface area contributed by atoms with Gasteiger partial charge in [0.05, 0.1) is 19.3 Å². The van der Waals surface area contributed by atoms with E-state index in [2.05, 4.69) is 10.2 Å². The second-order valence-corrected chi connectivity index (χ2v) is 11.1. The van der Waals surface area contributed by atoms with Crippen molar-refractivity contribution in [1.82, 2.24) is 14.5 Å². The first kappa shape index (κ1) is 22.4. The third kappa shape index (κ3) is 5.53. The van der Waals surface area contributed by atoms with Gasteiger partial charge in [-0.05, 0) is 29.9 Å². The molecule has 7 nitrogen and oxygen atoms in total. The normalized spacial score (nSPS) is 20.4. The molecule has 3 heterocycles. The number of carbonyl (C=O) groups excluding carboxylic acids is 1. The van der Waals surface area contributed by atoms with Gasteiger partial charge < -0.3 is 10.1 Å². The molecular weight excluding hydrogens is 434 g/mol. The highest BCUT2D eigenvalue weighted by molar-refractivity contribution is 7.91. The molecule has 168 valence electrons. The van der Waals surface area contributed by atoms with Crippen molar-refractivity contribution < 1.29 is 17.9 Å². The average Bonchev–Trinajstić information content (AvgIpc) is 3.36. The Labute approximate surface area is 188 Å². The van der Waals surface area contributed by atoms with Crippen molar-refractivity contribution >= 4 is 27.3 Å². The third-order valence-electron chi connectivity index (χ3n) is 5.98. The fourth-order valence-electron chi connectivity index (χ4n) is 4.15. The summed E-state index contributed by atoms with van der Waals surface area (Å²) in [6, 6.07) is 13.3. The van der Waals surface area contributed by atoms with Crippen LogP contribution < -0.4 is 5.32 Å². The Bertz CT molecular complexity index is 936. The minimum Gasteiger partial charge on any atom is -0.379 e. The molecule has 2 aromatic rings. The predicted molar refractivity (Wildman–Crippen MR) is 120 cm³/mol. The molecule has 4 rings (SSSR count). The molecule has 0 unspecified atom stereocenters. The Morgan fingerprint density at radius 3 is 2.42 bits per heavy atom. The summed E-state index contributed by atoms with van der Waals surface area (Å²) in [7, 11) is -3.45. The van der Waals surface area contributed by atoms with Gasteiger partial charge in [-0.1, -0.05) is 36.4 Å². The number of piperidine rings is 1. The van der Waals surface area contributed by atoms with Crippen molar-refractivity contribution in [2.75, 3.05) is 45.9 Å². The van der Waals surface area contributed by atoms with E-state index in [9.17, 15) is 13.2 Å². The van der Waals surface area contributed by atoms with Crippen LogP contribution in [-0.4, -0.2) is 69.5 Å². The molecule has 1 aromatic carbocycles. The van der Waals surface area contributed by atoms with Gasteiger partial charge in [-0.2, -0.15) is 4.31 Å². The zero-order valence-electron chi connectivity index (χ0n) is 17.5. The molecule has 0 spiro atoms. The quantitative estimate of drug-likeness (QED) is 0.682. The predicted octanol–water partition coefficient (Wildman–Crippen LogP) is 2.34. The van der Waals surface area contributed by atoms with Crippen LogP contribution in [-0.2, 0) is 19.6 Å². The minimum atomic E-state index is -3.45. The zero-order chi connectivity index (χ0) is 21.7. The van der Waals surface area contributed by atoms with Gasteiger partial charge in [0.2, 0.25) is 5.91 Å². The van der Waals surface area contributed by atoms with Gasteiger partial charge in [-0.15, -0.1) is 11.3 Å². The van der Waals surface area contributed by atoms with Crippen LogP contribution in [0.5, 0.6) is 0 Å². The van der Waals surface area contributed by atoms with E-state index in [0.29, 0.717) is 43.4 Å². The number of ether oxygens (including phenoxy) is 1. The van der Waals surface area contributed by atoms with Crippen LogP contribution in [0, 0.1) is 5.92 Å². The molecule has 9 heteroatoms. The number of benzene rings is 1. The van der Waals surface area contributed by atoms with Crippen LogP contribution in [0.1, 0.15) is 24.4 Å². The van der Waals surface area contributed by atoms with Gasteiger partial charge in [-0.25, -0.2) is 8.42 Å². The van der Waals surface area contributed by atoms with Crippen LogP contribution in [0.15, 0.2) is 52.1 Å². The Morgan fingerprint density at radius 1 is 1.06 bits per heavy atom. The molecule has 31 heavy (non-hydrogen) atoms. The fourth-order valence-corrected chi connectivity index (χ4v) is 6.76. The number of hydrogen-bond acceptors (Lipinski definition) is 6. The minimum absolute atomic E-state index is 0.00952. The summed E-state index contributed by atoms with van der Waals surface area (Å²) in [6.07, 6.45) is 1.07. The number of amides is 1. The topological polar surface area (TPSA) is 79.0 Å². The molecule has 1 N–H and O–H groups in total. The SMILES string of the molecule is O=C(N[C@@H](CN1CCOCC1)c1ccccc1)C1CCN(S(=O)(=O)c2cccs2)CC1. The molecule has 1 aromatic heterocycles. The van der Waals surface area contributed by atoms with Crippen LogP contribution in [0.4, 0.5) is 0 Å². The highest BCUT2D eigenvalue weighted by Crippen LogP contribution is 2.27. The maximum Gasteiger partial charge on any atom is 0.252 e. The summed E-state index contributed by atoms with van der Waals surface area (Å²) in [5.74, 6) is -0.166. The lowest BCUT2D eigenvalue weighted by Gasteiger charge is -2.33. The molecule has 1 atom stereocenters. The summed E-state index contributed by atoms with van der Waals surface area (Å²) in [6.45, 7) is 4.63. The Kier molecular flexibility index (Phi) is 7.39. The van der Waals surface area contributed by atoms with Crippen LogP contribution in [0.3, 0.4) is 0 Å². The monoisotopic (exact) mass is 463 g/mol. The lowest BCUT2D eigenvalue weighted by Crippen LogP contribution is -2.46. The first-order valence-electron chi connectivity index (χ1n) is 10.7. The summed E-state index contributed by atoms with van der Waals surface area (Å²) < 4.78 is 32.8. The molecular formula is C22H29N3O4S2. The molecule has 0 radical (unpaired) electrons. The lowest BCUT2D eigenvalue weighted by atomic mass is 9.96. The smallest absolute Gasteiger partial charge is 0.252 e. The van der Waals surface area contributed by atoms with E-state index in [1.165, 1.54) is 15.6 Å². The van der Waals surface area contributed by atoms with Crippen molar-refractivity contribution in [2.24, 2.45) is 5.92 Å². The van der Waals surface area contributed by atoms with E-state index in [1.807, 2.05) is 30.3 Å². The van der Waals surface area contributed by atoms with Crippen molar-refractivity contribution in [1.29, 1.82) is 0 Å². The number of rotatable bonds is 7.